The lowest BCUT2D eigenvalue weighted by Crippen LogP contribution is -2.50. The number of hydrogen-bond acceptors (Lipinski definition) is 2. The van der Waals surface area contributed by atoms with Crippen molar-refractivity contribution in [2.45, 2.75) is 106 Å². The Morgan fingerprint density at radius 3 is 2.22 bits per heavy atom. The lowest BCUT2D eigenvalue weighted by molar-refractivity contribution is -0.138. The molecule has 2 saturated carbocycles. The Balaban J connectivity index is 1.82. The predicted molar refractivity (Wildman–Crippen MR) is 133 cm³/mol. The molecule has 2 fully saturated rings. The molecule has 5 atom stereocenters. The molecule has 0 aromatic heterocycles. The van der Waals surface area contributed by atoms with E-state index < -0.39 is 5.97 Å². The summed E-state index contributed by atoms with van der Waals surface area (Å²) in [5.74, 6) is 1.98. The van der Waals surface area contributed by atoms with E-state index in [1.807, 2.05) is 6.08 Å². The van der Waals surface area contributed by atoms with Crippen LogP contribution in [0.3, 0.4) is 0 Å². The van der Waals surface area contributed by atoms with Crippen LogP contribution in [-0.4, -0.2) is 16.9 Å². The molecular formula is C29H46O3. The van der Waals surface area contributed by atoms with Crippen LogP contribution < -0.4 is 0 Å². The van der Waals surface area contributed by atoms with Crippen LogP contribution in [-0.2, 0) is 9.59 Å². The molecule has 3 nitrogen and oxygen atoms in total. The van der Waals surface area contributed by atoms with Gasteiger partial charge in [0.1, 0.15) is 5.78 Å². The largest absolute Gasteiger partial charge is 0.478 e. The number of carboxylic acid groups (broad SMARTS) is 1. The Hall–Kier alpha value is -1.64. The molecule has 3 heteroatoms. The van der Waals surface area contributed by atoms with Crippen LogP contribution in [0.15, 0.2) is 34.9 Å². The minimum Gasteiger partial charge on any atom is -0.478 e. The summed E-state index contributed by atoms with van der Waals surface area (Å²) in [6.45, 7) is 13.1. The molecule has 32 heavy (non-hydrogen) atoms. The standard InChI is InChI=1S/C29H46O3/c1-20(12-8-14-23(4)28(31)32)10-7-11-21(2)13-9-15-25-22(3)16-17-26-24(5)27(30)18-19-29(25,26)6/h10,13-14,22,24-26H,7-9,11-12,15-19H2,1-6H3,(H,31,32)/b20-10+,21-13+,23-14+/t22-,24+,25-,26?,29+/m0/s1. The number of ketones is 1. The lowest BCUT2D eigenvalue weighted by atomic mass is 9.49. The summed E-state index contributed by atoms with van der Waals surface area (Å²) in [6, 6.07) is 0. The van der Waals surface area contributed by atoms with E-state index in [2.05, 4.69) is 46.8 Å². The molecule has 2 rings (SSSR count). The summed E-state index contributed by atoms with van der Waals surface area (Å²) >= 11 is 0. The van der Waals surface area contributed by atoms with Gasteiger partial charge in [0.15, 0.2) is 0 Å². The minimum atomic E-state index is -0.828. The number of Topliss-reactive ketones (excluding diaryl/α,β-unsaturated/α-hetero) is 1. The fraction of sp³-hybridized carbons (Fsp3) is 0.724. The van der Waals surface area contributed by atoms with Crippen molar-refractivity contribution < 1.29 is 14.7 Å². The van der Waals surface area contributed by atoms with Crippen LogP contribution in [0.25, 0.3) is 0 Å². The van der Waals surface area contributed by atoms with Crippen LogP contribution in [0.2, 0.25) is 0 Å². The maximum absolute atomic E-state index is 12.3. The number of carbonyl (C=O) groups excluding carboxylic acids is 1. The van der Waals surface area contributed by atoms with Gasteiger partial charge in [0.05, 0.1) is 0 Å². The van der Waals surface area contributed by atoms with Gasteiger partial charge >= 0.3 is 5.97 Å². The van der Waals surface area contributed by atoms with Gasteiger partial charge < -0.3 is 5.11 Å². The van der Waals surface area contributed by atoms with Crippen molar-refractivity contribution in [1.82, 2.24) is 0 Å². The Bertz CT molecular complexity index is 756. The van der Waals surface area contributed by atoms with Crippen molar-refractivity contribution in [3.05, 3.63) is 34.9 Å². The Kier molecular flexibility index (Phi) is 9.98. The summed E-state index contributed by atoms with van der Waals surface area (Å²) in [6.07, 6.45) is 17.2. The SMILES string of the molecule is C/C(=C\CC/C(C)=C/CC[C@H]1[C@@H](C)CCC2[C@@H](C)C(=O)CC[C@@]21C)CC/C=C(\C)C(=O)O. The first kappa shape index (κ1) is 26.6. The van der Waals surface area contributed by atoms with Gasteiger partial charge in [-0.1, -0.05) is 56.6 Å². The summed E-state index contributed by atoms with van der Waals surface area (Å²) < 4.78 is 0. The van der Waals surface area contributed by atoms with E-state index in [1.54, 1.807) is 6.92 Å². The normalized spacial score (nSPS) is 32.1. The van der Waals surface area contributed by atoms with Gasteiger partial charge in [-0.05, 0) is 95.3 Å². The monoisotopic (exact) mass is 442 g/mol. The number of aliphatic carboxylic acids is 1. The van der Waals surface area contributed by atoms with Crippen LogP contribution in [0, 0.1) is 29.1 Å². The first-order valence-electron chi connectivity index (χ1n) is 12.8. The molecule has 2 aliphatic rings. The van der Waals surface area contributed by atoms with Gasteiger partial charge in [0.2, 0.25) is 0 Å². The van der Waals surface area contributed by atoms with Crippen molar-refractivity contribution in [2.24, 2.45) is 29.1 Å². The molecule has 0 bridgehead atoms. The van der Waals surface area contributed by atoms with Gasteiger partial charge in [0.25, 0.3) is 0 Å². The number of hydrogen-bond donors (Lipinski definition) is 1. The Morgan fingerprint density at radius 2 is 1.59 bits per heavy atom. The number of carboxylic acids is 1. The highest BCUT2D eigenvalue weighted by Gasteiger charge is 2.51. The van der Waals surface area contributed by atoms with Crippen molar-refractivity contribution in [2.75, 3.05) is 0 Å². The third-order valence-corrected chi connectivity index (χ3v) is 8.66. The number of fused-ring (bicyclic) bond motifs is 1. The molecule has 0 heterocycles. The van der Waals surface area contributed by atoms with Gasteiger partial charge in [-0.15, -0.1) is 0 Å². The van der Waals surface area contributed by atoms with Gasteiger partial charge in [0, 0.05) is 17.9 Å². The van der Waals surface area contributed by atoms with Crippen LogP contribution in [0.5, 0.6) is 0 Å². The third-order valence-electron chi connectivity index (χ3n) is 8.66. The van der Waals surface area contributed by atoms with Crippen LogP contribution >= 0.6 is 0 Å². The highest BCUT2D eigenvalue weighted by molar-refractivity contribution is 5.85. The average Bonchev–Trinajstić information content (AvgIpc) is 2.73. The van der Waals surface area contributed by atoms with E-state index in [4.69, 9.17) is 5.11 Å². The highest BCUT2D eigenvalue weighted by Crippen LogP contribution is 2.57. The van der Waals surface area contributed by atoms with E-state index in [0.29, 0.717) is 22.7 Å². The van der Waals surface area contributed by atoms with Crippen molar-refractivity contribution in [1.29, 1.82) is 0 Å². The molecule has 0 spiro atoms. The lowest BCUT2D eigenvalue weighted by Gasteiger charge is -2.55. The van der Waals surface area contributed by atoms with Crippen molar-refractivity contribution in [3.8, 4) is 0 Å². The van der Waals surface area contributed by atoms with E-state index in [0.717, 1.165) is 56.8 Å². The molecule has 0 aromatic carbocycles. The Morgan fingerprint density at radius 1 is 1.00 bits per heavy atom. The molecule has 1 N–H and O–H groups in total. The van der Waals surface area contributed by atoms with E-state index in [9.17, 15) is 9.59 Å². The summed E-state index contributed by atoms with van der Waals surface area (Å²) in [5.41, 5.74) is 3.56. The topological polar surface area (TPSA) is 54.4 Å². The van der Waals surface area contributed by atoms with Gasteiger partial charge in [-0.2, -0.15) is 0 Å². The van der Waals surface area contributed by atoms with Gasteiger partial charge in [-0.25, -0.2) is 4.79 Å². The quantitative estimate of drug-likeness (QED) is 0.276. The molecular weight excluding hydrogens is 396 g/mol. The van der Waals surface area contributed by atoms with E-state index in [1.165, 1.54) is 30.4 Å². The fourth-order valence-electron chi connectivity index (χ4n) is 6.41. The number of allylic oxidation sites excluding steroid dienone is 5. The average molecular weight is 443 g/mol. The van der Waals surface area contributed by atoms with E-state index >= 15 is 0 Å². The molecule has 1 unspecified atom stereocenters. The molecule has 0 aromatic rings. The maximum atomic E-state index is 12.3. The predicted octanol–water partition coefficient (Wildman–Crippen LogP) is 7.92. The molecule has 0 aliphatic heterocycles. The molecule has 180 valence electrons. The molecule has 0 radical (unpaired) electrons. The smallest absolute Gasteiger partial charge is 0.330 e. The highest BCUT2D eigenvalue weighted by atomic mass is 16.4. The second kappa shape index (κ2) is 12.0. The summed E-state index contributed by atoms with van der Waals surface area (Å²) in [7, 11) is 0. The first-order valence-corrected chi connectivity index (χ1v) is 12.8. The molecule has 0 saturated heterocycles. The van der Waals surface area contributed by atoms with Crippen molar-refractivity contribution >= 4 is 11.8 Å². The molecule has 2 aliphatic carbocycles. The minimum absolute atomic E-state index is 0.250. The zero-order chi connectivity index (χ0) is 23.9. The second-order valence-corrected chi connectivity index (χ2v) is 11.0. The number of carbonyl (C=O) groups is 2. The van der Waals surface area contributed by atoms with Gasteiger partial charge in [-0.3, -0.25) is 4.79 Å². The Labute approximate surface area is 196 Å². The number of rotatable bonds is 10. The van der Waals surface area contributed by atoms with Crippen molar-refractivity contribution in [3.63, 3.8) is 0 Å². The maximum Gasteiger partial charge on any atom is 0.330 e. The third kappa shape index (κ3) is 6.93. The van der Waals surface area contributed by atoms with Crippen LogP contribution in [0.4, 0.5) is 0 Å². The second-order valence-electron chi connectivity index (χ2n) is 11.0. The fourth-order valence-corrected chi connectivity index (χ4v) is 6.41. The zero-order valence-corrected chi connectivity index (χ0v) is 21.4. The van der Waals surface area contributed by atoms with E-state index in [-0.39, 0.29) is 5.92 Å². The van der Waals surface area contributed by atoms with Crippen LogP contribution in [0.1, 0.15) is 106 Å². The summed E-state index contributed by atoms with van der Waals surface area (Å²) in [5, 5.41) is 8.91. The zero-order valence-electron chi connectivity index (χ0n) is 21.4. The first-order chi connectivity index (χ1) is 15.1. The summed E-state index contributed by atoms with van der Waals surface area (Å²) in [4.78, 5) is 23.1. The molecule has 0 amide bonds.